The molecule has 1 saturated heterocycles. The lowest BCUT2D eigenvalue weighted by Crippen LogP contribution is -2.65. The van der Waals surface area contributed by atoms with E-state index in [4.69, 9.17) is 28.8 Å². The number of rotatable bonds is 8. The first-order valence-corrected chi connectivity index (χ1v) is 24.6. The quantitative estimate of drug-likeness (QED) is 0.476. The molecule has 1 heterocycles. The molecule has 3 radical (unpaired) electrons. The molecule has 0 amide bonds. The third-order valence-electron chi connectivity index (χ3n) is 3.22. The largest absolute Gasteiger partial charge is 0.550 e. The zero-order valence-electron chi connectivity index (χ0n) is 17.9. The summed E-state index contributed by atoms with van der Waals surface area (Å²) in [5.41, 5.74) is 3.59. The van der Waals surface area contributed by atoms with E-state index >= 15 is 0 Å². The van der Waals surface area contributed by atoms with Crippen LogP contribution < -0.4 is 0 Å². The molecule has 0 aliphatic carbocycles. The van der Waals surface area contributed by atoms with Crippen LogP contribution in [0.15, 0.2) is 24.6 Å². The molecule has 14 heteroatoms. The van der Waals surface area contributed by atoms with Gasteiger partial charge in [0.05, 0.1) is 0 Å². The summed E-state index contributed by atoms with van der Waals surface area (Å²) in [6.07, 6.45) is 0. The molecule has 2 atom stereocenters. The molecule has 0 bridgehead atoms. The number of hydrogen-bond acceptors (Lipinski definition) is 7. The highest BCUT2D eigenvalue weighted by Gasteiger charge is 2.54. The summed E-state index contributed by atoms with van der Waals surface area (Å²) in [5, 5.41) is 0. The summed E-state index contributed by atoms with van der Waals surface area (Å²) < 4.78 is 43.3. The molecule has 0 aromatic rings. The first-order chi connectivity index (χ1) is 12.0. The molecule has 1 aliphatic heterocycles. The Morgan fingerprint density at radius 3 is 2.04 bits per heavy atom. The van der Waals surface area contributed by atoms with Gasteiger partial charge in [-0.05, 0) is 52.4 Å². The second kappa shape index (κ2) is 9.25. The molecular weight excluding hydrogens is 465 g/mol. The molecule has 2 unspecified atom stereocenters. The van der Waals surface area contributed by atoms with Gasteiger partial charge in [0.15, 0.2) is 16.6 Å². The number of hydrogen-bond donors (Lipinski definition) is 0. The van der Waals surface area contributed by atoms with E-state index in [1.807, 2.05) is 45.0 Å². The van der Waals surface area contributed by atoms with E-state index in [-0.39, 0.29) is 10.0 Å². The smallest absolute Gasteiger partial charge is 0.431 e. The molecule has 1 aliphatic rings. The van der Waals surface area contributed by atoms with E-state index < -0.39 is 52.1 Å². The second-order valence-electron chi connectivity index (χ2n) is 8.45. The molecule has 27 heavy (non-hydrogen) atoms. The van der Waals surface area contributed by atoms with Crippen LogP contribution in [0.1, 0.15) is 0 Å². The van der Waals surface area contributed by atoms with Gasteiger partial charge in [-0.3, -0.25) is 0 Å². The Hall–Kier alpha value is 0.718. The van der Waals surface area contributed by atoms with E-state index in [2.05, 4.69) is 32.8 Å². The van der Waals surface area contributed by atoms with Gasteiger partial charge in [-0.2, -0.15) is 0 Å². The van der Waals surface area contributed by atoms with Gasteiger partial charge in [0.1, 0.15) is 0 Å². The Morgan fingerprint density at radius 2 is 1.56 bits per heavy atom. The molecule has 1 fully saturated rings. The van der Waals surface area contributed by atoms with Crippen molar-refractivity contribution in [2.24, 2.45) is 0 Å². The van der Waals surface area contributed by atoms with E-state index in [1.54, 1.807) is 5.70 Å². The fourth-order valence-electron chi connectivity index (χ4n) is 2.26. The summed E-state index contributed by atoms with van der Waals surface area (Å²) in [6, 6.07) is 0. The third-order valence-corrected chi connectivity index (χ3v) is 23.8. The van der Waals surface area contributed by atoms with Crippen molar-refractivity contribution in [3.63, 3.8) is 0 Å². The van der Waals surface area contributed by atoms with Gasteiger partial charge in [0, 0.05) is 6.55 Å². The fraction of sp³-hybridized carbons (Fsp3) is 0.692. The van der Waals surface area contributed by atoms with E-state index in [9.17, 15) is 0 Å². The first-order valence-electron chi connectivity index (χ1n) is 8.75. The minimum atomic E-state index is -3.01. The highest BCUT2D eigenvalue weighted by atomic mass is 28.5. The van der Waals surface area contributed by atoms with Gasteiger partial charge in [-0.1, -0.05) is 11.4 Å². The monoisotopic (exact) mass is 497 g/mol. The standard InChI is InChI=1S/C13H33O7Si7/c1-12-24(6,7)15-21-14-22-16-26(10,13-2)19-25(8,9)20-27(11,17-22)18-23(3,4)5/h12-13H,1-2H2,3-11H3. The molecule has 1 rings (SSSR count). The lowest BCUT2D eigenvalue weighted by molar-refractivity contribution is 0.160. The van der Waals surface area contributed by atoms with Crippen molar-refractivity contribution in [1.82, 2.24) is 0 Å². The molecule has 0 aromatic carbocycles. The third kappa shape index (κ3) is 9.38. The topological polar surface area (TPSA) is 64.6 Å². The average Bonchev–Trinajstić information content (AvgIpc) is 2.41. The Balaban J connectivity index is 3.04. The maximum atomic E-state index is 6.39. The molecule has 155 valence electrons. The maximum Gasteiger partial charge on any atom is 0.550 e. The Bertz CT molecular complexity index is 542. The van der Waals surface area contributed by atoms with Crippen molar-refractivity contribution in [2.75, 3.05) is 0 Å². The molecular formula is C13H33O7Si7. The summed E-state index contributed by atoms with van der Waals surface area (Å²) in [4.78, 5) is 0. The highest BCUT2D eigenvalue weighted by molar-refractivity contribution is 6.92. The Morgan fingerprint density at radius 1 is 0.963 bits per heavy atom. The lowest BCUT2D eigenvalue weighted by Gasteiger charge is -2.44. The summed E-state index contributed by atoms with van der Waals surface area (Å²) >= 11 is 0. The van der Waals surface area contributed by atoms with Crippen LogP contribution in [-0.4, -0.2) is 62.1 Å². The predicted molar refractivity (Wildman–Crippen MR) is 121 cm³/mol. The zero-order chi connectivity index (χ0) is 21.1. The van der Waals surface area contributed by atoms with Gasteiger partial charge >= 0.3 is 45.5 Å². The molecule has 7 nitrogen and oxygen atoms in total. The molecule has 0 spiro atoms. The molecule has 0 N–H and O–H groups in total. The van der Waals surface area contributed by atoms with Crippen LogP contribution in [0.3, 0.4) is 0 Å². The van der Waals surface area contributed by atoms with Crippen molar-refractivity contribution >= 4 is 62.1 Å². The van der Waals surface area contributed by atoms with Gasteiger partial charge in [0.2, 0.25) is 0 Å². The van der Waals surface area contributed by atoms with Crippen LogP contribution in [0.25, 0.3) is 0 Å². The van der Waals surface area contributed by atoms with Crippen molar-refractivity contribution in [3.05, 3.63) is 24.6 Å². The minimum absolute atomic E-state index is 0.205. The van der Waals surface area contributed by atoms with Crippen molar-refractivity contribution in [3.8, 4) is 0 Å². The summed E-state index contributed by atoms with van der Waals surface area (Å²) in [6.45, 7) is 25.9. The van der Waals surface area contributed by atoms with Gasteiger partial charge < -0.3 is 28.8 Å². The van der Waals surface area contributed by atoms with Gasteiger partial charge in [-0.15, -0.1) is 13.2 Å². The summed E-state index contributed by atoms with van der Waals surface area (Å²) in [5.74, 6) is 0. The van der Waals surface area contributed by atoms with Crippen LogP contribution >= 0.6 is 0 Å². The predicted octanol–water partition coefficient (Wildman–Crippen LogP) is 3.47. The zero-order valence-corrected chi connectivity index (χ0v) is 24.9. The fourth-order valence-corrected chi connectivity index (χ4v) is 23.7. The Labute approximate surface area is 174 Å². The Kier molecular flexibility index (Phi) is 8.82. The van der Waals surface area contributed by atoms with Crippen LogP contribution in [0.4, 0.5) is 0 Å². The van der Waals surface area contributed by atoms with Crippen LogP contribution in [0, 0.1) is 0 Å². The lowest BCUT2D eigenvalue weighted by atomic mass is 11.3. The van der Waals surface area contributed by atoms with Gasteiger partial charge in [0.25, 0.3) is 0 Å². The minimum Gasteiger partial charge on any atom is -0.431 e. The van der Waals surface area contributed by atoms with Crippen molar-refractivity contribution in [1.29, 1.82) is 0 Å². The molecule has 0 aromatic heterocycles. The van der Waals surface area contributed by atoms with E-state index in [0.29, 0.717) is 0 Å². The van der Waals surface area contributed by atoms with Gasteiger partial charge in [-0.25, -0.2) is 0 Å². The first kappa shape index (κ1) is 25.8. The second-order valence-corrected chi connectivity index (χ2v) is 29.6. The van der Waals surface area contributed by atoms with Crippen LogP contribution in [0.5, 0.6) is 0 Å². The van der Waals surface area contributed by atoms with E-state index in [0.717, 1.165) is 0 Å². The van der Waals surface area contributed by atoms with E-state index in [1.165, 1.54) is 0 Å². The summed E-state index contributed by atoms with van der Waals surface area (Å²) in [7, 11) is -14.5. The van der Waals surface area contributed by atoms with Crippen molar-refractivity contribution < 1.29 is 28.8 Å². The SMILES string of the molecule is C=C[Si](C)(C)O[Si]O[Si]1O[Si](C)(C=C)O[Si](C)(C)O[Si](C)(O[Si](C)(C)C)O1. The highest BCUT2D eigenvalue weighted by Crippen LogP contribution is 2.29. The maximum absolute atomic E-state index is 6.39. The average molecular weight is 498 g/mol. The van der Waals surface area contributed by atoms with Crippen LogP contribution in [-0.2, 0) is 28.8 Å². The van der Waals surface area contributed by atoms with Crippen LogP contribution in [0.2, 0.25) is 58.9 Å². The van der Waals surface area contributed by atoms with Crippen molar-refractivity contribution in [2.45, 2.75) is 58.9 Å². The normalized spacial score (nSPS) is 30.4. The molecule has 0 saturated carbocycles.